The molecule has 0 radical (unpaired) electrons. The van der Waals surface area contributed by atoms with Crippen molar-refractivity contribution >= 4 is 17.8 Å². The number of hydrogen-bond donors (Lipinski definition) is 2. The first-order chi connectivity index (χ1) is 14.7. The van der Waals surface area contributed by atoms with Crippen LogP contribution in [0.3, 0.4) is 0 Å². The van der Waals surface area contributed by atoms with Crippen LogP contribution in [0.5, 0.6) is 0 Å². The first kappa shape index (κ1) is 23.7. The lowest BCUT2D eigenvalue weighted by atomic mass is 9.70. The number of aliphatic hydroxyl groups is 1. The third-order valence-electron chi connectivity index (χ3n) is 7.26. The van der Waals surface area contributed by atoms with Crippen molar-refractivity contribution in [2.75, 3.05) is 19.7 Å². The van der Waals surface area contributed by atoms with Crippen molar-refractivity contribution in [3.05, 3.63) is 12.7 Å². The maximum absolute atomic E-state index is 13.9. The Kier molecular flexibility index (Phi) is 7.11. The number of aliphatic hydroxyl groups excluding tert-OH is 1. The molecule has 3 heterocycles. The van der Waals surface area contributed by atoms with Crippen molar-refractivity contribution in [1.29, 1.82) is 0 Å². The lowest BCUT2D eigenvalue weighted by Gasteiger charge is -2.40. The summed E-state index contributed by atoms with van der Waals surface area (Å²) in [6, 6.07) is -1.51. The summed E-state index contributed by atoms with van der Waals surface area (Å²) in [5.41, 5.74) is -1.14. The number of unbranched alkanes of at least 4 members (excludes halogenated alkanes) is 2. The van der Waals surface area contributed by atoms with Crippen LogP contribution in [0.4, 0.5) is 0 Å². The van der Waals surface area contributed by atoms with E-state index in [1.165, 1.54) is 4.90 Å². The highest BCUT2D eigenvalue weighted by Gasteiger charge is 2.75. The first-order valence-corrected chi connectivity index (χ1v) is 11.5. The van der Waals surface area contributed by atoms with Gasteiger partial charge in [0.2, 0.25) is 11.8 Å². The Bertz CT molecular complexity index is 725. The molecule has 0 unspecified atom stereocenters. The molecule has 0 aliphatic carbocycles. The van der Waals surface area contributed by atoms with E-state index >= 15 is 0 Å². The van der Waals surface area contributed by atoms with Crippen LogP contribution < -0.4 is 0 Å². The molecule has 8 heteroatoms. The highest BCUT2D eigenvalue weighted by Crippen LogP contribution is 2.59. The van der Waals surface area contributed by atoms with Gasteiger partial charge in [0.05, 0.1) is 30.6 Å². The van der Waals surface area contributed by atoms with Gasteiger partial charge in [-0.3, -0.25) is 14.4 Å². The van der Waals surface area contributed by atoms with Crippen molar-refractivity contribution in [1.82, 2.24) is 9.80 Å². The quantitative estimate of drug-likeness (QED) is 0.377. The predicted octanol–water partition coefficient (Wildman–Crippen LogP) is 1.67. The van der Waals surface area contributed by atoms with Crippen molar-refractivity contribution in [2.24, 2.45) is 17.8 Å². The zero-order chi connectivity index (χ0) is 22.9. The summed E-state index contributed by atoms with van der Waals surface area (Å²) in [7, 11) is 0. The van der Waals surface area contributed by atoms with E-state index in [4.69, 9.17) is 4.74 Å². The number of likely N-dealkylation sites (tertiary alicyclic amines) is 1. The number of fused-ring (bicyclic) bond motifs is 1. The molecule has 0 aromatic heterocycles. The standard InChI is InChI=1S/C23H36N2O6/c1-5-7-8-12-24(11-6-2)21(28)19-23-10-9-16(31-23)17(22(29)30)18(23)20(27)25(19)15(13-26)14(3)4/h6,14-19,26H,2,5,7-13H2,1,3-4H3,(H,29,30)/t15-,16+,17-,18-,19+,23-/m0/s1. The first-order valence-electron chi connectivity index (χ1n) is 11.5. The smallest absolute Gasteiger partial charge is 0.310 e. The molecule has 2 amide bonds. The Hall–Kier alpha value is -1.93. The topological polar surface area (TPSA) is 107 Å². The Morgan fingerprint density at radius 3 is 2.65 bits per heavy atom. The number of rotatable bonds is 11. The normalized spacial score (nSPS) is 32.4. The Balaban J connectivity index is 2.04. The van der Waals surface area contributed by atoms with Crippen LogP contribution in [0.2, 0.25) is 0 Å². The van der Waals surface area contributed by atoms with Crippen LogP contribution in [0.25, 0.3) is 0 Å². The number of aliphatic carboxylic acids is 1. The van der Waals surface area contributed by atoms with Crippen LogP contribution in [0, 0.1) is 17.8 Å². The fourth-order valence-corrected chi connectivity index (χ4v) is 5.80. The molecule has 8 nitrogen and oxygen atoms in total. The summed E-state index contributed by atoms with van der Waals surface area (Å²) in [6.07, 6.45) is 4.93. The fourth-order valence-electron chi connectivity index (χ4n) is 5.80. The molecule has 31 heavy (non-hydrogen) atoms. The Labute approximate surface area is 184 Å². The van der Waals surface area contributed by atoms with Crippen LogP contribution in [-0.2, 0) is 19.1 Å². The minimum Gasteiger partial charge on any atom is -0.481 e. The maximum atomic E-state index is 13.9. The van der Waals surface area contributed by atoms with Gasteiger partial charge in [-0.1, -0.05) is 39.7 Å². The number of amides is 2. The van der Waals surface area contributed by atoms with Gasteiger partial charge in [-0.05, 0) is 25.2 Å². The van der Waals surface area contributed by atoms with Gasteiger partial charge in [-0.25, -0.2) is 0 Å². The predicted molar refractivity (Wildman–Crippen MR) is 114 cm³/mol. The molecule has 0 aromatic rings. The van der Waals surface area contributed by atoms with Gasteiger partial charge in [0.15, 0.2) is 0 Å². The van der Waals surface area contributed by atoms with Gasteiger partial charge in [-0.2, -0.15) is 0 Å². The molecule has 3 fully saturated rings. The summed E-state index contributed by atoms with van der Waals surface area (Å²) < 4.78 is 6.22. The van der Waals surface area contributed by atoms with Gasteiger partial charge in [0, 0.05) is 13.1 Å². The van der Waals surface area contributed by atoms with E-state index in [9.17, 15) is 24.6 Å². The van der Waals surface area contributed by atoms with Crippen LogP contribution in [0.15, 0.2) is 12.7 Å². The van der Waals surface area contributed by atoms with Gasteiger partial charge in [-0.15, -0.1) is 6.58 Å². The van der Waals surface area contributed by atoms with Crippen molar-refractivity contribution in [3.63, 3.8) is 0 Å². The summed E-state index contributed by atoms with van der Waals surface area (Å²) in [5, 5.41) is 19.9. The van der Waals surface area contributed by atoms with Crippen molar-refractivity contribution in [2.45, 2.75) is 76.7 Å². The van der Waals surface area contributed by atoms with Crippen LogP contribution >= 0.6 is 0 Å². The van der Waals surface area contributed by atoms with Crippen molar-refractivity contribution < 1.29 is 29.3 Å². The second-order valence-electron chi connectivity index (χ2n) is 9.41. The Morgan fingerprint density at radius 1 is 1.39 bits per heavy atom. The summed E-state index contributed by atoms with van der Waals surface area (Å²) >= 11 is 0. The molecule has 6 atom stereocenters. The average molecular weight is 437 g/mol. The highest BCUT2D eigenvalue weighted by atomic mass is 16.5. The third kappa shape index (κ3) is 3.78. The SMILES string of the molecule is C=CCN(CCCCC)C(=O)[C@H]1N([C@@H](CO)C(C)C)C(=O)[C@@H]2[C@@H](C(=O)O)[C@H]3CC[C@]21O3. The molecule has 174 valence electrons. The molecule has 3 aliphatic heterocycles. The molecule has 1 spiro atoms. The van der Waals surface area contributed by atoms with E-state index in [2.05, 4.69) is 13.5 Å². The molecule has 0 aromatic carbocycles. The summed E-state index contributed by atoms with van der Waals surface area (Å²) in [6.45, 7) is 10.2. The zero-order valence-corrected chi connectivity index (χ0v) is 18.8. The van der Waals surface area contributed by atoms with E-state index in [0.717, 1.165) is 19.3 Å². The minimum atomic E-state index is -1.14. The zero-order valence-electron chi connectivity index (χ0n) is 18.8. The molecular weight excluding hydrogens is 400 g/mol. The van der Waals surface area contributed by atoms with Gasteiger partial charge >= 0.3 is 5.97 Å². The van der Waals surface area contributed by atoms with E-state index < -0.39 is 41.6 Å². The van der Waals surface area contributed by atoms with E-state index in [1.54, 1.807) is 11.0 Å². The molecule has 2 bridgehead atoms. The highest BCUT2D eigenvalue weighted by molar-refractivity contribution is 5.98. The number of nitrogens with zero attached hydrogens (tertiary/aromatic N) is 2. The summed E-state index contributed by atoms with van der Waals surface area (Å²) in [5.74, 6) is -3.64. The van der Waals surface area contributed by atoms with Crippen LogP contribution in [0.1, 0.15) is 52.9 Å². The molecule has 2 N–H and O–H groups in total. The second-order valence-corrected chi connectivity index (χ2v) is 9.41. The number of carbonyl (C=O) groups is 3. The molecule has 3 rings (SSSR count). The third-order valence-corrected chi connectivity index (χ3v) is 7.26. The van der Waals surface area contributed by atoms with E-state index in [1.807, 2.05) is 13.8 Å². The molecule has 0 saturated carbocycles. The van der Waals surface area contributed by atoms with Gasteiger partial charge < -0.3 is 24.7 Å². The largest absolute Gasteiger partial charge is 0.481 e. The number of carboxylic acid groups (broad SMARTS) is 1. The Morgan fingerprint density at radius 2 is 2.10 bits per heavy atom. The molecular formula is C23H36N2O6. The number of hydrogen-bond acceptors (Lipinski definition) is 5. The maximum Gasteiger partial charge on any atom is 0.310 e. The number of carbonyl (C=O) groups excluding carboxylic acids is 2. The number of carboxylic acids is 1. The monoisotopic (exact) mass is 436 g/mol. The van der Waals surface area contributed by atoms with Crippen LogP contribution in [-0.4, -0.2) is 81.3 Å². The second kappa shape index (κ2) is 9.28. The lowest BCUT2D eigenvalue weighted by Crippen LogP contribution is -2.59. The van der Waals surface area contributed by atoms with Gasteiger partial charge in [0.1, 0.15) is 11.6 Å². The number of ether oxygens (including phenoxy) is 1. The van der Waals surface area contributed by atoms with E-state index in [-0.39, 0.29) is 24.3 Å². The molecule has 3 saturated heterocycles. The van der Waals surface area contributed by atoms with Gasteiger partial charge in [0.25, 0.3) is 0 Å². The lowest BCUT2D eigenvalue weighted by molar-refractivity contribution is -0.154. The van der Waals surface area contributed by atoms with Crippen molar-refractivity contribution in [3.8, 4) is 0 Å². The molecule has 3 aliphatic rings. The minimum absolute atomic E-state index is 0.104. The summed E-state index contributed by atoms with van der Waals surface area (Å²) in [4.78, 5) is 42.7. The fraction of sp³-hybridized carbons (Fsp3) is 0.783. The van der Waals surface area contributed by atoms with E-state index in [0.29, 0.717) is 25.9 Å². The average Bonchev–Trinajstić information content (AvgIpc) is 3.35.